The van der Waals surface area contributed by atoms with Crippen LogP contribution in [0.1, 0.15) is 84.5 Å². The van der Waals surface area contributed by atoms with Crippen molar-refractivity contribution >= 4 is 19.8 Å². The Morgan fingerprint density at radius 1 is 0.812 bits per heavy atom. The summed E-state index contributed by atoms with van der Waals surface area (Å²) in [6, 6.07) is 0. The van der Waals surface area contributed by atoms with Crippen LogP contribution in [-0.2, 0) is 32.7 Å². The van der Waals surface area contributed by atoms with E-state index < -0.39 is 51.8 Å². The molecule has 0 saturated heterocycles. The summed E-state index contributed by atoms with van der Waals surface area (Å²) in [4.78, 5) is 33.4. The number of hydrogen-bond acceptors (Lipinski definition) is 9. The number of phosphoric ester groups is 1. The van der Waals surface area contributed by atoms with Crippen LogP contribution in [0.3, 0.4) is 0 Å². The Kier molecular flexibility index (Phi) is 18.8. The summed E-state index contributed by atoms with van der Waals surface area (Å²) >= 11 is 0. The monoisotopic (exact) mass is 484 g/mol. The van der Waals surface area contributed by atoms with Crippen LogP contribution in [0, 0.1) is 0 Å². The average molecular weight is 485 g/mol. The molecule has 0 bridgehead atoms. The Bertz CT molecular complexity index is 543. The second kappa shape index (κ2) is 19.4. The number of carbonyl (C=O) groups is 2. The number of ether oxygens (including phenoxy) is 2. The van der Waals surface area contributed by atoms with Gasteiger partial charge >= 0.3 is 19.8 Å². The van der Waals surface area contributed by atoms with Crippen molar-refractivity contribution in [3.63, 3.8) is 0 Å². The van der Waals surface area contributed by atoms with Crippen molar-refractivity contribution < 1.29 is 47.8 Å². The van der Waals surface area contributed by atoms with Gasteiger partial charge in [0.1, 0.15) is 12.7 Å². The summed E-state index contributed by atoms with van der Waals surface area (Å²) in [5.74, 6) is -0.994. The van der Waals surface area contributed by atoms with E-state index >= 15 is 0 Å². The van der Waals surface area contributed by atoms with Crippen molar-refractivity contribution in [1.29, 1.82) is 0 Å². The smallest absolute Gasteiger partial charge is 0.462 e. The summed E-state index contributed by atoms with van der Waals surface area (Å²) in [5, 5.41) is 17.9. The topological polar surface area (TPSA) is 149 Å². The van der Waals surface area contributed by atoms with Gasteiger partial charge in [-0.1, -0.05) is 58.8 Å². The first-order valence-electron chi connectivity index (χ1n) is 11.5. The van der Waals surface area contributed by atoms with Gasteiger partial charge in [0.05, 0.1) is 19.8 Å². The molecule has 0 aromatic carbocycles. The molecule has 0 spiro atoms. The Balaban J connectivity index is 4.34. The Hall–Kier alpha value is -1.03. The normalized spacial score (nSPS) is 15.0. The molecule has 0 aromatic rings. The van der Waals surface area contributed by atoms with Gasteiger partial charge in [-0.25, -0.2) is 4.57 Å². The highest BCUT2D eigenvalue weighted by atomic mass is 31.2. The lowest BCUT2D eigenvalue weighted by Crippen LogP contribution is -2.29. The summed E-state index contributed by atoms with van der Waals surface area (Å²) in [6.45, 7) is 1.85. The Morgan fingerprint density at radius 3 is 2.00 bits per heavy atom. The van der Waals surface area contributed by atoms with E-state index in [2.05, 4.69) is 11.4 Å². The largest absolute Gasteiger partial charge is 0.472 e. The molecule has 0 fully saturated rings. The number of rotatable bonds is 21. The quantitative estimate of drug-likeness (QED) is 0.126. The lowest BCUT2D eigenvalue weighted by Gasteiger charge is -2.20. The molecule has 0 aliphatic heterocycles. The average Bonchev–Trinajstić information content (AvgIpc) is 2.76. The molecule has 0 radical (unpaired) electrons. The van der Waals surface area contributed by atoms with Gasteiger partial charge in [-0.2, -0.15) is 0 Å². The molecule has 3 atom stereocenters. The fourth-order valence-corrected chi connectivity index (χ4v) is 3.46. The van der Waals surface area contributed by atoms with Crippen LogP contribution in [0.15, 0.2) is 0 Å². The molecule has 190 valence electrons. The summed E-state index contributed by atoms with van der Waals surface area (Å²) < 4.78 is 31.5. The zero-order valence-corrected chi connectivity index (χ0v) is 20.3. The number of aliphatic hydroxyl groups is 2. The maximum absolute atomic E-state index is 12.0. The lowest BCUT2D eigenvalue weighted by atomic mass is 10.1. The van der Waals surface area contributed by atoms with Crippen LogP contribution in [0.25, 0.3) is 0 Å². The number of esters is 2. The van der Waals surface area contributed by atoms with E-state index in [0.29, 0.717) is 12.8 Å². The van der Waals surface area contributed by atoms with Crippen molar-refractivity contribution in [3.8, 4) is 0 Å². The molecular formula is C21H41O10P. The first-order valence-corrected chi connectivity index (χ1v) is 13.0. The van der Waals surface area contributed by atoms with Gasteiger partial charge in [-0.3, -0.25) is 18.6 Å². The van der Waals surface area contributed by atoms with Crippen LogP contribution >= 0.6 is 7.82 Å². The van der Waals surface area contributed by atoms with E-state index in [0.717, 1.165) is 19.3 Å². The van der Waals surface area contributed by atoms with Gasteiger partial charge in [0.2, 0.25) is 0 Å². The first-order chi connectivity index (χ1) is 15.2. The molecule has 0 amide bonds. The van der Waals surface area contributed by atoms with Gasteiger partial charge in [0.25, 0.3) is 0 Å². The van der Waals surface area contributed by atoms with E-state index in [1.165, 1.54) is 25.7 Å². The van der Waals surface area contributed by atoms with Crippen molar-refractivity contribution in [2.75, 3.05) is 26.4 Å². The molecule has 1 unspecified atom stereocenters. The second-order valence-electron chi connectivity index (χ2n) is 7.67. The van der Waals surface area contributed by atoms with Gasteiger partial charge < -0.3 is 24.6 Å². The number of aliphatic hydroxyl groups excluding tert-OH is 2. The van der Waals surface area contributed by atoms with E-state index in [4.69, 9.17) is 19.1 Å². The molecule has 3 N–H and O–H groups in total. The molecule has 10 nitrogen and oxygen atoms in total. The third-order valence-electron chi connectivity index (χ3n) is 4.48. The van der Waals surface area contributed by atoms with E-state index in [1.807, 2.05) is 0 Å². The van der Waals surface area contributed by atoms with Crippen molar-refractivity contribution in [1.82, 2.24) is 0 Å². The predicted octanol–water partition coefficient (Wildman–Crippen LogP) is 3.26. The minimum absolute atomic E-state index is 0.138. The molecule has 0 aliphatic carbocycles. The number of hydrogen-bond donors (Lipinski definition) is 3. The molecule has 0 aliphatic rings. The summed E-state index contributed by atoms with van der Waals surface area (Å²) in [5.41, 5.74) is 0. The van der Waals surface area contributed by atoms with E-state index in [-0.39, 0.29) is 19.4 Å². The Labute approximate surface area is 191 Å². The van der Waals surface area contributed by atoms with Crippen LogP contribution in [0.5, 0.6) is 0 Å². The Morgan fingerprint density at radius 2 is 1.41 bits per heavy atom. The molecule has 0 heterocycles. The minimum Gasteiger partial charge on any atom is -0.462 e. The fourth-order valence-electron chi connectivity index (χ4n) is 2.67. The zero-order valence-electron chi connectivity index (χ0n) is 19.4. The van der Waals surface area contributed by atoms with Gasteiger partial charge in [0.15, 0.2) is 6.10 Å². The third kappa shape index (κ3) is 18.5. The number of carbonyl (C=O) groups excluding carboxylic acids is 2. The predicted molar refractivity (Wildman–Crippen MR) is 118 cm³/mol. The zero-order chi connectivity index (χ0) is 24.2. The molecule has 0 aromatic heterocycles. The van der Waals surface area contributed by atoms with Gasteiger partial charge in [-0.15, -0.1) is 0 Å². The standard InChI is InChI=1S/C21H41O10P/c1-3-5-6-7-8-9-10-11-13-20(24)28-16-19(31-21(25)12-4-2)17-30-32(26,27)29-15-18(23)14-22/h18-19,22-23H,3-17H2,1-2H3,(H,26,27)/t18-,19+/m0/s1. The summed E-state index contributed by atoms with van der Waals surface area (Å²) in [7, 11) is -4.56. The fraction of sp³-hybridized carbons (Fsp3) is 0.905. The highest BCUT2D eigenvalue weighted by Gasteiger charge is 2.27. The molecular weight excluding hydrogens is 443 g/mol. The van der Waals surface area contributed by atoms with Crippen molar-refractivity contribution in [2.24, 2.45) is 0 Å². The molecule has 32 heavy (non-hydrogen) atoms. The van der Waals surface area contributed by atoms with Crippen molar-refractivity contribution in [3.05, 3.63) is 0 Å². The number of phosphoric acid groups is 1. The SMILES string of the molecule is CCCCCCCCCCC(=O)OC[C@H](COP(=O)(O)OC[C@@H](O)CO)OC(=O)CCC. The van der Waals surface area contributed by atoms with Crippen molar-refractivity contribution in [2.45, 2.75) is 96.7 Å². The molecule has 0 rings (SSSR count). The maximum atomic E-state index is 12.0. The van der Waals surface area contributed by atoms with Crippen LogP contribution in [-0.4, -0.2) is 65.7 Å². The first kappa shape index (κ1) is 31.0. The van der Waals surface area contributed by atoms with E-state index in [9.17, 15) is 24.2 Å². The van der Waals surface area contributed by atoms with E-state index in [1.54, 1.807) is 6.92 Å². The maximum Gasteiger partial charge on any atom is 0.472 e. The van der Waals surface area contributed by atoms with Crippen LogP contribution < -0.4 is 0 Å². The number of unbranched alkanes of at least 4 members (excludes halogenated alkanes) is 7. The molecule has 0 saturated carbocycles. The minimum atomic E-state index is -4.56. The summed E-state index contributed by atoms with van der Waals surface area (Å²) in [6.07, 6.45) is 7.28. The van der Waals surface area contributed by atoms with Crippen LogP contribution in [0.2, 0.25) is 0 Å². The van der Waals surface area contributed by atoms with Gasteiger partial charge in [-0.05, 0) is 12.8 Å². The molecule has 11 heteroatoms. The second-order valence-corrected chi connectivity index (χ2v) is 9.12. The van der Waals surface area contributed by atoms with Gasteiger partial charge in [0, 0.05) is 12.8 Å². The highest BCUT2D eigenvalue weighted by Crippen LogP contribution is 2.43. The highest BCUT2D eigenvalue weighted by molar-refractivity contribution is 7.47. The van der Waals surface area contributed by atoms with Crippen LogP contribution in [0.4, 0.5) is 0 Å². The lowest BCUT2D eigenvalue weighted by molar-refractivity contribution is -0.161. The third-order valence-corrected chi connectivity index (χ3v) is 5.43.